The lowest BCUT2D eigenvalue weighted by atomic mass is 9.92. The van der Waals surface area contributed by atoms with Gasteiger partial charge in [-0.1, -0.05) is 74.0 Å². The van der Waals surface area contributed by atoms with Crippen LogP contribution in [-0.4, -0.2) is 12.7 Å². The molecule has 0 saturated carbocycles. The van der Waals surface area contributed by atoms with Gasteiger partial charge in [-0.05, 0) is 61.6 Å². The lowest BCUT2D eigenvalue weighted by molar-refractivity contribution is -0.0216. The van der Waals surface area contributed by atoms with Gasteiger partial charge in [-0.3, -0.25) is 0 Å². The fourth-order valence-corrected chi connectivity index (χ4v) is 4.98. The van der Waals surface area contributed by atoms with E-state index in [1.54, 1.807) is 24.3 Å². The van der Waals surface area contributed by atoms with Crippen LogP contribution in [0.5, 0.6) is 0 Å². The Bertz CT molecular complexity index is 1210. The number of allylic oxidation sites excluding steroid dienone is 1. The van der Waals surface area contributed by atoms with Gasteiger partial charge in [0, 0.05) is 23.3 Å². The number of hydrogen-bond donors (Lipinski definition) is 0. The van der Waals surface area contributed by atoms with Crippen LogP contribution in [0.1, 0.15) is 57.1 Å². The van der Waals surface area contributed by atoms with E-state index in [-0.39, 0.29) is 28.4 Å². The average Bonchev–Trinajstić information content (AvgIpc) is 2.89. The second-order valence-electron chi connectivity index (χ2n) is 9.54. The number of halogens is 4. The first kappa shape index (κ1) is 26.2. The number of benzene rings is 3. The molecule has 3 aromatic carbocycles. The first-order valence-corrected chi connectivity index (χ1v) is 12.7. The maximum Gasteiger partial charge on any atom is 0.167 e. The highest BCUT2D eigenvalue weighted by Crippen LogP contribution is 2.34. The van der Waals surface area contributed by atoms with Crippen LogP contribution in [0.15, 0.2) is 54.6 Å². The molecule has 0 aliphatic carbocycles. The molecule has 0 spiro atoms. The fraction of sp³-hybridized carbons (Fsp3) is 0.355. The molecule has 0 amide bonds. The summed E-state index contributed by atoms with van der Waals surface area (Å²) in [6.07, 6.45) is 9.03. The molecule has 2 atom stereocenters. The second-order valence-corrected chi connectivity index (χ2v) is 9.54. The van der Waals surface area contributed by atoms with Gasteiger partial charge < -0.3 is 4.74 Å². The molecule has 1 heterocycles. The third-order valence-electron chi connectivity index (χ3n) is 7.01. The van der Waals surface area contributed by atoms with E-state index in [2.05, 4.69) is 6.92 Å². The van der Waals surface area contributed by atoms with Crippen LogP contribution in [0.4, 0.5) is 17.6 Å². The first-order valence-electron chi connectivity index (χ1n) is 12.7. The molecule has 1 fully saturated rings. The Labute approximate surface area is 210 Å². The monoisotopic (exact) mass is 496 g/mol. The van der Waals surface area contributed by atoms with Crippen molar-refractivity contribution in [3.8, 4) is 22.3 Å². The molecule has 5 heteroatoms. The molecule has 4 rings (SSSR count). The molecular formula is C31H32F4O. The van der Waals surface area contributed by atoms with E-state index < -0.39 is 23.3 Å². The van der Waals surface area contributed by atoms with E-state index in [4.69, 9.17) is 4.74 Å². The van der Waals surface area contributed by atoms with Crippen molar-refractivity contribution in [1.82, 2.24) is 0 Å². The Morgan fingerprint density at radius 3 is 2.06 bits per heavy atom. The highest BCUT2D eigenvalue weighted by molar-refractivity contribution is 5.73. The summed E-state index contributed by atoms with van der Waals surface area (Å²) < 4.78 is 65.8. The van der Waals surface area contributed by atoms with Crippen LogP contribution in [0.3, 0.4) is 0 Å². The van der Waals surface area contributed by atoms with E-state index >= 15 is 4.39 Å². The fourth-order valence-electron chi connectivity index (χ4n) is 4.98. The van der Waals surface area contributed by atoms with Gasteiger partial charge >= 0.3 is 0 Å². The Morgan fingerprint density at radius 1 is 0.778 bits per heavy atom. The van der Waals surface area contributed by atoms with Gasteiger partial charge in [0.15, 0.2) is 23.3 Å². The molecule has 1 aliphatic rings. The van der Waals surface area contributed by atoms with E-state index in [9.17, 15) is 13.2 Å². The van der Waals surface area contributed by atoms with Crippen molar-refractivity contribution >= 4 is 6.08 Å². The highest BCUT2D eigenvalue weighted by Gasteiger charge is 2.24. The number of rotatable bonds is 8. The zero-order valence-electron chi connectivity index (χ0n) is 20.8. The molecule has 190 valence electrons. The van der Waals surface area contributed by atoms with E-state index in [1.807, 2.05) is 19.1 Å². The zero-order valence-corrected chi connectivity index (χ0v) is 20.8. The molecule has 36 heavy (non-hydrogen) atoms. The van der Waals surface area contributed by atoms with Crippen LogP contribution >= 0.6 is 0 Å². The molecule has 0 radical (unpaired) electrons. The summed E-state index contributed by atoms with van der Waals surface area (Å²) in [6.45, 7) is 4.77. The Hall–Kier alpha value is -2.92. The summed E-state index contributed by atoms with van der Waals surface area (Å²) in [5.41, 5.74) is 1.12. The number of aryl methyl sites for hydroxylation is 1. The van der Waals surface area contributed by atoms with Gasteiger partial charge in [-0.25, -0.2) is 17.6 Å². The van der Waals surface area contributed by atoms with Crippen LogP contribution in [0.2, 0.25) is 0 Å². The van der Waals surface area contributed by atoms with Crippen LogP contribution in [-0.2, 0) is 11.2 Å². The largest absolute Gasteiger partial charge is 0.378 e. The summed E-state index contributed by atoms with van der Waals surface area (Å²) in [5, 5.41) is 0. The lowest BCUT2D eigenvalue weighted by Crippen LogP contribution is -2.26. The SMILES string of the molecule is CC=Cc1ccc(-c2ccc(-c3ccc(CCC4CCC(CCC)CO4)c(F)c3F)c(F)c2F)cc1. The third-order valence-corrected chi connectivity index (χ3v) is 7.01. The van der Waals surface area contributed by atoms with E-state index in [1.165, 1.54) is 24.3 Å². The molecule has 0 N–H and O–H groups in total. The molecule has 1 aliphatic heterocycles. The van der Waals surface area contributed by atoms with E-state index in [0.717, 1.165) is 37.9 Å². The van der Waals surface area contributed by atoms with Gasteiger partial charge in [0.1, 0.15) is 0 Å². The molecule has 0 bridgehead atoms. The predicted molar refractivity (Wildman–Crippen MR) is 138 cm³/mol. The van der Waals surface area contributed by atoms with Crippen molar-refractivity contribution in [2.24, 2.45) is 5.92 Å². The maximum absolute atomic E-state index is 15.0. The quantitative estimate of drug-likeness (QED) is 0.283. The number of hydrogen-bond acceptors (Lipinski definition) is 1. The topological polar surface area (TPSA) is 9.23 Å². The molecule has 0 aromatic heterocycles. The summed E-state index contributed by atoms with van der Waals surface area (Å²) >= 11 is 0. The minimum Gasteiger partial charge on any atom is -0.378 e. The molecule has 1 nitrogen and oxygen atoms in total. The maximum atomic E-state index is 15.0. The zero-order chi connectivity index (χ0) is 25.7. The van der Waals surface area contributed by atoms with E-state index in [0.29, 0.717) is 24.3 Å². The lowest BCUT2D eigenvalue weighted by Gasteiger charge is -2.29. The second kappa shape index (κ2) is 11.9. The summed E-state index contributed by atoms with van der Waals surface area (Å²) in [4.78, 5) is 0. The third kappa shape index (κ3) is 5.73. The molecule has 3 aromatic rings. The van der Waals surface area contributed by atoms with Gasteiger partial charge in [0.2, 0.25) is 0 Å². The van der Waals surface area contributed by atoms with Crippen molar-refractivity contribution < 1.29 is 22.3 Å². The average molecular weight is 497 g/mol. The minimum atomic E-state index is -1.20. The van der Waals surface area contributed by atoms with Crippen molar-refractivity contribution in [3.05, 3.63) is 89.0 Å². The van der Waals surface area contributed by atoms with Gasteiger partial charge in [0.25, 0.3) is 0 Å². The van der Waals surface area contributed by atoms with Gasteiger partial charge in [-0.15, -0.1) is 0 Å². The van der Waals surface area contributed by atoms with Crippen LogP contribution in [0, 0.1) is 29.2 Å². The van der Waals surface area contributed by atoms with Crippen molar-refractivity contribution in [2.75, 3.05) is 6.61 Å². The Morgan fingerprint density at radius 2 is 1.42 bits per heavy atom. The van der Waals surface area contributed by atoms with Crippen molar-refractivity contribution in [1.29, 1.82) is 0 Å². The smallest absolute Gasteiger partial charge is 0.167 e. The van der Waals surface area contributed by atoms with Crippen LogP contribution < -0.4 is 0 Å². The molecule has 1 saturated heterocycles. The van der Waals surface area contributed by atoms with Gasteiger partial charge in [-0.2, -0.15) is 0 Å². The van der Waals surface area contributed by atoms with Gasteiger partial charge in [0.05, 0.1) is 6.10 Å². The summed E-state index contributed by atoms with van der Waals surface area (Å²) in [7, 11) is 0. The highest BCUT2D eigenvalue weighted by atomic mass is 19.2. The van der Waals surface area contributed by atoms with Crippen LogP contribution in [0.25, 0.3) is 28.3 Å². The normalized spacial score (nSPS) is 18.2. The first-order chi connectivity index (χ1) is 17.4. The standard InChI is InChI=1S/C31H32F4O/c1-3-5-20-7-10-22(11-8-20)25-17-18-27(31(35)29(25)33)26-16-13-23(28(32)30(26)34)12-15-24-14-9-21(6-4-2)19-36-24/h3,5,7-8,10-11,13,16-18,21,24H,4,6,9,12,14-15,19H2,1-2H3. The van der Waals surface area contributed by atoms with Crippen molar-refractivity contribution in [2.45, 2.75) is 58.5 Å². The Balaban J connectivity index is 1.50. The Kier molecular flexibility index (Phi) is 8.63. The number of ether oxygens (including phenoxy) is 1. The molecule has 2 unspecified atom stereocenters. The predicted octanol–water partition coefficient (Wildman–Crippen LogP) is 9.14. The van der Waals surface area contributed by atoms with Crippen molar-refractivity contribution in [3.63, 3.8) is 0 Å². The minimum absolute atomic E-state index is 0.0337. The molecular weight excluding hydrogens is 464 g/mol. The summed E-state index contributed by atoms with van der Waals surface area (Å²) in [6, 6.07) is 12.5. The summed E-state index contributed by atoms with van der Waals surface area (Å²) in [5.74, 6) is -3.89.